The molecule has 3 nitrogen and oxygen atoms in total. The number of hydrogen-bond acceptors (Lipinski definition) is 3. The Morgan fingerprint density at radius 3 is 2.38 bits per heavy atom. The van der Waals surface area contributed by atoms with E-state index in [0.717, 1.165) is 13.1 Å². The second-order valence-electron chi connectivity index (χ2n) is 5.63. The summed E-state index contributed by atoms with van der Waals surface area (Å²) in [6.45, 7) is 5.87. The fraction of sp³-hybridized carbons (Fsp3) is 0.278. The highest BCUT2D eigenvalue weighted by atomic mass is 15.3. The number of nitrogens with zero attached hydrogens (tertiary/aromatic N) is 2. The molecule has 0 radical (unpaired) electrons. The average molecular weight is 279 g/mol. The van der Waals surface area contributed by atoms with Gasteiger partial charge in [0.2, 0.25) is 0 Å². The van der Waals surface area contributed by atoms with Gasteiger partial charge in [0.05, 0.1) is 12.6 Å². The molecule has 0 saturated heterocycles. The topological polar surface area (TPSA) is 41.6 Å². The monoisotopic (exact) mass is 279 g/mol. The van der Waals surface area contributed by atoms with Gasteiger partial charge in [-0.1, -0.05) is 48.5 Å². The zero-order valence-electron chi connectivity index (χ0n) is 12.6. The molecule has 1 unspecified atom stereocenters. The van der Waals surface area contributed by atoms with Gasteiger partial charge in [0.25, 0.3) is 0 Å². The first-order chi connectivity index (χ1) is 10.2. The zero-order chi connectivity index (χ0) is 14.8. The Morgan fingerprint density at radius 2 is 1.71 bits per heavy atom. The lowest BCUT2D eigenvalue weighted by Gasteiger charge is -2.29. The van der Waals surface area contributed by atoms with Crippen LogP contribution in [0.5, 0.6) is 0 Å². The van der Waals surface area contributed by atoms with Crippen LogP contribution in [-0.4, -0.2) is 17.4 Å². The summed E-state index contributed by atoms with van der Waals surface area (Å²) < 4.78 is 0. The maximum Gasteiger partial charge on any atom is 0.192 e. The highest BCUT2D eigenvalue weighted by Crippen LogP contribution is 2.31. The summed E-state index contributed by atoms with van der Waals surface area (Å²) in [7, 11) is 0. The van der Waals surface area contributed by atoms with Crippen LogP contribution in [0.25, 0.3) is 0 Å². The highest BCUT2D eigenvalue weighted by molar-refractivity contribution is 5.80. The van der Waals surface area contributed by atoms with E-state index in [4.69, 9.17) is 5.73 Å². The molecule has 2 N–H and O–H groups in total. The first-order valence-corrected chi connectivity index (χ1v) is 7.33. The minimum atomic E-state index is 0.242. The van der Waals surface area contributed by atoms with Gasteiger partial charge >= 0.3 is 0 Å². The molecule has 1 atom stereocenters. The van der Waals surface area contributed by atoms with Crippen molar-refractivity contribution in [2.45, 2.75) is 26.4 Å². The number of rotatable bonds is 3. The molecular formula is C18H21N3. The SMILES string of the molecule is Cc1cccc(C)c1C1CN=C(N)N1Cc1ccccc1. The van der Waals surface area contributed by atoms with Gasteiger partial charge in [-0.2, -0.15) is 0 Å². The number of nitrogens with two attached hydrogens (primary N) is 1. The molecule has 2 aromatic rings. The van der Waals surface area contributed by atoms with Crippen LogP contribution in [0.15, 0.2) is 53.5 Å². The van der Waals surface area contributed by atoms with Gasteiger partial charge in [0.15, 0.2) is 5.96 Å². The summed E-state index contributed by atoms with van der Waals surface area (Å²) in [5, 5.41) is 0. The van der Waals surface area contributed by atoms with Crippen molar-refractivity contribution in [1.82, 2.24) is 4.90 Å². The summed E-state index contributed by atoms with van der Waals surface area (Å²) in [5.41, 5.74) is 11.4. The third-order valence-electron chi connectivity index (χ3n) is 4.17. The second kappa shape index (κ2) is 5.60. The van der Waals surface area contributed by atoms with Crippen molar-refractivity contribution in [1.29, 1.82) is 0 Å². The maximum absolute atomic E-state index is 6.13. The zero-order valence-corrected chi connectivity index (χ0v) is 12.6. The first kappa shape index (κ1) is 13.7. The van der Waals surface area contributed by atoms with E-state index in [-0.39, 0.29) is 6.04 Å². The van der Waals surface area contributed by atoms with E-state index in [1.54, 1.807) is 0 Å². The predicted octanol–water partition coefficient (Wildman–Crippen LogP) is 3.18. The summed E-state index contributed by atoms with van der Waals surface area (Å²) in [6.07, 6.45) is 0. The van der Waals surface area contributed by atoms with Crippen molar-refractivity contribution in [2.24, 2.45) is 10.7 Å². The van der Waals surface area contributed by atoms with Gasteiger partial charge in [-0.15, -0.1) is 0 Å². The van der Waals surface area contributed by atoms with Gasteiger partial charge in [0.1, 0.15) is 0 Å². The third kappa shape index (κ3) is 2.64. The number of aryl methyl sites for hydroxylation is 2. The fourth-order valence-corrected chi connectivity index (χ4v) is 3.10. The van der Waals surface area contributed by atoms with Crippen molar-refractivity contribution in [3.05, 3.63) is 70.8 Å². The van der Waals surface area contributed by atoms with Gasteiger partial charge in [-0.3, -0.25) is 4.99 Å². The summed E-state index contributed by atoms with van der Waals surface area (Å²) in [6, 6.07) is 17.1. The van der Waals surface area contributed by atoms with E-state index in [1.807, 2.05) is 6.07 Å². The molecule has 2 aromatic carbocycles. The van der Waals surface area contributed by atoms with Gasteiger partial charge in [0, 0.05) is 6.54 Å². The molecule has 0 amide bonds. The van der Waals surface area contributed by atoms with Crippen LogP contribution in [0, 0.1) is 13.8 Å². The lowest BCUT2D eigenvalue weighted by molar-refractivity contribution is 0.338. The number of hydrogen-bond donors (Lipinski definition) is 1. The molecule has 21 heavy (non-hydrogen) atoms. The van der Waals surface area contributed by atoms with Crippen LogP contribution in [0.4, 0.5) is 0 Å². The Morgan fingerprint density at radius 1 is 1.05 bits per heavy atom. The van der Waals surface area contributed by atoms with Crippen molar-refractivity contribution in [2.75, 3.05) is 6.54 Å². The van der Waals surface area contributed by atoms with Gasteiger partial charge < -0.3 is 10.6 Å². The first-order valence-electron chi connectivity index (χ1n) is 7.33. The van der Waals surface area contributed by atoms with E-state index < -0.39 is 0 Å². The van der Waals surface area contributed by atoms with Crippen LogP contribution in [-0.2, 0) is 6.54 Å². The lowest BCUT2D eigenvalue weighted by atomic mass is 9.95. The van der Waals surface area contributed by atoms with Crippen LogP contribution in [0.2, 0.25) is 0 Å². The predicted molar refractivity (Wildman–Crippen MR) is 87.1 cm³/mol. The van der Waals surface area contributed by atoms with E-state index in [2.05, 4.69) is 66.2 Å². The minimum Gasteiger partial charge on any atom is -0.370 e. The highest BCUT2D eigenvalue weighted by Gasteiger charge is 2.29. The van der Waals surface area contributed by atoms with Crippen molar-refractivity contribution >= 4 is 5.96 Å². The molecule has 3 heteroatoms. The molecule has 0 aliphatic carbocycles. The molecule has 3 rings (SSSR count). The molecule has 0 saturated carbocycles. The minimum absolute atomic E-state index is 0.242. The van der Waals surface area contributed by atoms with Crippen LogP contribution < -0.4 is 5.73 Å². The normalized spacial score (nSPS) is 17.9. The van der Waals surface area contributed by atoms with E-state index in [0.29, 0.717) is 5.96 Å². The second-order valence-corrected chi connectivity index (χ2v) is 5.63. The Balaban J connectivity index is 1.92. The van der Waals surface area contributed by atoms with Crippen molar-refractivity contribution < 1.29 is 0 Å². The molecule has 1 heterocycles. The van der Waals surface area contributed by atoms with Crippen LogP contribution in [0.1, 0.15) is 28.3 Å². The Bertz CT molecular complexity index is 641. The largest absolute Gasteiger partial charge is 0.370 e. The lowest BCUT2D eigenvalue weighted by Crippen LogP contribution is -2.36. The van der Waals surface area contributed by atoms with Gasteiger partial charge in [-0.05, 0) is 36.1 Å². The van der Waals surface area contributed by atoms with Crippen molar-refractivity contribution in [3.8, 4) is 0 Å². The molecular weight excluding hydrogens is 258 g/mol. The molecule has 0 spiro atoms. The molecule has 0 aromatic heterocycles. The number of aliphatic imine (C=N–C) groups is 1. The van der Waals surface area contributed by atoms with Gasteiger partial charge in [-0.25, -0.2) is 0 Å². The fourth-order valence-electron chi connectivity index (χ4n) is 3.10. The van der Waals surface area contributed by atoms with Crippen LogP contribution in [0.3, 0.4) is 0 Å². The van der Waals surface area contributed by atoms with E-state index >= 15 is 0 Å². The Hall–Kier alpha value is -2.29. The smallest absolute Gasteiger partial charge is 0.192 e. The average Bonchev–Trinajstić information content (AvgIpc) is 2.82. The summed E-state index contributed by atoms with van der Waals surface area (Å²) in [4.78, 5) is 6.69. The van der Waals surface area contributed by atoms with E-state index in [9.17, 15) is 0 Å². The number of benzene rings is 2. The molecule has 1 aliphatic heterocycles. The molecule has 0 fully saturated rings. The van der Waals surface area contributed by atoms with Crippen LogP contribution >= 0.6 is 0 Å². The Kier molecular flexibility index (Phi) is 3.65. The summed E-state index contributed by atoms with van der Waals surface area (Å²) >= 11 is 0. The molecule has 1 aliphatic rings. The standard InChI is InChI=1S/C18H21N3/c1-13-7-6-8-14(2)17(13)16-11-20-18(19)21(16)12-15-9-4-3-5-10-15/h3-10,16H,11-12H2,1-2H3,(H2,19,20). The van der Waals surface area contributed by atoms with Crippen molar-refractivity contribution in [3.63, 3.8) is 0 Å². The summed E-state index contributed by atoms with van der Waals surface area (Å²) in [5.74, 6) is 0.645. The van der Waals surface area contributed by atoms with E-state index in [1.165, 1.54) is 22.3 Å². The third-order valence-corrected chi connectivity index (χ3v) is 4.17. The quantitative estimate of drug-likeness (QED) is 0.937. The Labute approximate surface area is 126 Å². The maximum atomic E-state index is 6.13. The molecule has 0 bridgehead atoms. The molecule has 108 valence electrons. The number of guanidine groups is 1.